The topological polar surface area (TPSA) is 58.6 Å². The number of sulfonamides is 1. The molecule has 0 aliphatic carbocycles. The van der Waals surface area contributed by atoms with Crippen LogP contribution < -0.4 is 5.32 Å². The first kappa shape index (κ1) is 15.2. The van der Waals surface area contributed by atoms with E-state index in [1.807, 2.05) is 0 Å². The molecular formula is C13H26N2O3S. The summed E-state index contributed by atoms with van der Waals surface area (Å²) in [6.45, 7) is 6.42. The molecule has 2 aliphatic heterocycles. The molecule has 6 heteroatoms. The fourth-order valence-corrected chi connectivity index (χ4v) is 3.79. The third kappa shape index (κ3) is 4.41. The van der Waals surface area contributed by atoms with Crippen molar-refractivity contribution in [3.8, 4) is 0 Å². The molecule has 1 atom stereocenters. The molecule has 2 rings (SSSR count). The molecule has 2 saturated heterocycles. The van der Waals surface area contributed by atoms with Gasteiger partial charge in [-0.15, -0.1) is 0 Å². The lowest BCUT2D eigenvalue weighted by Crippen LogP contribution is -2.46. The van der Waals surface area contributed by atoms with Gasteiger partial charge in [-0.25, -0.2) is 12.7 Å². The first-order valence-electron chi connectivity index (χ1n) is 7.13. The van der Waals surface area contributed by atoms with Gasteiger partial charge >= 0.3 is 0 Å². The second kappa shape index (κ2) is 5.68. The highest BCUT2D eigenvalue weighted by molar-refractivity contribution is 7.88. The average molecular weight is 290 g/mol. The van der Waals surface area contributed by atoms with Crippen LogP contribution in [-0.4, -0.2) is 56.4 Å². The summed E-state index contributed by atoms with van der Waals surface area (Å²) < 4.78 is 30.4. The predicted octanol–water partition coefficient (Wildman–Crippen LogP) is 0.958. The fourth-order valence-electron chi connectivity index (χ4n) is 2.91. The van der Waals surface area contributed by atoms with E-state index in [0.29, 0.717) is 25.2 Å². The van der Waals surface area contributed by atoms with E-state index in [1.54, 1.807) is 4.31 Å². The minimum Gasteiger partial charge on any atom is -0.371 e. The number of nitrogens with zero attached hydrogens (tertiary/aromatic N) is 1. The highest BCUT2D eigenvalue weighted by atomic mass is 32.2. The van der Waals surface area contributed by atoms with Crippen molar-refractivity contribution in [2.24, 2.45) is 0 Å². The van der Waals surface area contributed by atoms with Gasteiger partial charge in [0.25, 0.3) is 0 Å². The van der Waals surface area contributed by atoms with Crippen molar-refractivity contribution < 1.29 is 13.2 Å². The number of nitrogens with one attached hydrogen (secondary N) is 1. The van der Waals surface area contributed by atoms with E-state index in [1.165, 1.54) is 6.26 Å². The van der Waals surface area contributed by atoms with Crippen LogP contribution in [-0.2, 0) is 14.8 Å². The van der Waals surface area contributed by atoms with Crippen LogP contribution >= 0.6 is 0 Å². The summed E-state index contributed by atoms with van der Waals surface area (Å²) in [7, 11) is -3.01. The van der Waals surface area contributed by atoms with Crippen LogP contribution in [0.15, 0.2) is 0 Å². The predicted molar refractivity (Wildman–Crippen MR) is 75.6 cm³/mol. The summed E-state index contributed by atoms with van der Waals surface area (Å²) in [5.74, 6) is 0. The highest BCUT2D eigenvalue weighted by Gasteiger charge is 2.32. The zero-order valence-corrected chi connectivity index (χ0v) is 13.0. The SMILES string of the molecule is CC1(C)CCC(CNC2CCN(S(C)(=O)=O)CC2)O1. The Morgan fingerprint density at radius 3 is 2.37 bits per heavy atom. The van der Waals surface area contributed by atoms with Gasteiger partial charge in [-0.1, -0.05) is 0 Å². The Bertz CT molecular complexity index is 400. The van der Waals surface area contributed by atoms with Gasteiger partial charge in [-0.2, -0.15) is 0 Å². The van der Waals surface area contributed by atoms with E-state index in [2.05, 4.69) is 19.2 Å². The van der Waals surface area contributed by atoms with Crippen LogP contribution in [0, 0.1) is 0 Å². The first-order chi connectivity index (χ1) is 8.76. The number of ether oxygens (including phenoxy) is 1. The summed E-state index contributed by atoms with van der Waals surface area (Å²) in [6.07, 6.45) is 5.61. The smallest absolute Gasteiger partial charge is 0.211 e. The van der Waals surface area contributed by atoms with Crippen molar-refractivity contribution in [3.63, 3.8) is 0 Å². The summed E-state index contributed by atoms with van der Waals surface area (Å²) in [4.78, 5) is 0. The van der Waals surface area contributed by atoms with Gasteiger partial charge < -0.3 is 10.1 Å². The molecule has 0 amide bonds. The molecule has 0 aromatic carbocycles. The van der Waals surface area contributed by atoms with Gasteiger partial charge in [0.2, 0.25) is 10.0 Å². The Kier molecular flexibility index (Phi) is 4.55. The molecule has 0 aromatic rings. The Morgan fingerprint density at radius 1 is 1.26 bits per heavy atom. The standard InChI is InChI=1S/C13H26N2O3S/c1-13(2)7-4-12(18-13)10-14-11-5-8-15(9-6-11)19(3,16)17/h11-12,14H,4-10H2,1-3H3. The zero-order valence-electron chi connectivity index (χ0n) is 12.2. The van der Waals surface area contributed by atoms with E-state index in [-0.39, 0.29) is 5.60 Å². The molecule has 0 aromatic heterocycles. The molecule has 2 heterocycles. The minimum absolute atomic E-state index is 0.0198. The Balaban J connectivity index is 1.69. The van der Waals surface area contributed by atoms with Crippen molar-refractivity contribution in [3.05, 3.63) is 0 Å². The molecule has 2 fully saturated rings. The lowest BCUT2D eigenvalue weighted by Gasteiger charge is -2.31. The quantitative estimate of drug-likeness (QED) is 0.838. The summed E-state index contributed by atoms with van der Waals surface area (Å²) in [5, 5.41) is 3.53. The van der Waals surface area contributed by atoms with E-state index in [9.17, 15) is 8.42 Å². The van der Waals surface area contributed by atoms with Gasteiger partial charge in [-0.3, -0.25) is 0 Å². The largest absolute Gasteiger partial charge is 0.371 e. The van der Waals surface area contributed by atoms with Crippen LogP contribution in [0.3, 0.4) is 0 Å². The Hall–Kier alpha value is -0.170. The maximum Gasteiger partial charge on any atom is 0.211 e. The number of rotatable bonds is 4. The number of hydrogen-bond acceptors (Lipinski definition) is 4. The van der Waals surface area contributed by atoms with Crippen molar-refractivity contribution in [2.45, 2.75) is 57.3 Å². The van der Waals surface area contributed by atoms with Crippen LogP contribution in [0.5, 0.6) is 0 Å². The van der Waals surface area contributed by atoms with Crippen molar-refractivity contribution in [2.75, 3.05) is 25.9 Å². The monoisotopic (exact) mass is 290 g/mol. The molecule has 112 valence electrons. The fraction of sp³-hybridized carbons (Fsp3) is 1.00. The second-order valence-electron chi connectivity index (χ2n) is 6.38. The van der Waals surface area contributed by atoms with Crippen molar-refractivity contribution in [1.82, 2.24) is 9.62 Å². The minimum atomic E-state index is -3.01. The molecule has 0 spiro atoms. The van der Waals surface area contributed by atoms with Crippen LogP contribution in [0.1, 0.15) is 39.5 Å². The van der Waals surface area contributed by atoms with Gasteiger partial charge in [0.1, 0.15) is 0 Å². The lowest BCUT2D eigenvalue weighted by molar-refractivity contribution is -0.0156. The van der Waals surface area contributed by atoms with E-state index >= 15 is 0 Å². The molecule has 0 bridgehead atoms. The maximum absolute atomic E-state index is 11.4. The molecule has 5 nitrogen and oxygen atoms in total. The highest BCUT2D eigenvalue weighted by Crippen LogP contribution is 2.29. The maximum atomic E-state index is 11.4. The Morgan fingerprint density at radius 2 is 1.89 bits per heavy atom. The average Bonchev–Trinajstić information content (AvgIpc) is 2.66. The van der Waals surface area contributed by atoms with E-state index in [0.717, 1.165) is 32.2 Å². The summed E-state index contributed by atoms with van der Waals surface area (Å²) >= 11 is 0. The van der Waals surface area contributed by atoms with E-state index < -0.39 is 10.0 Å². The zero-order chi connectivity index (χ0) is 14.1. The van der Waals surface area contributed by atoms with Crippen molar-refractivity contribution in [1.29, 1.82) is 0 Å². The third-order valence-corrected chi connectivity index (χ3v) is 5.41. The number of hydrogen-bond donors (Lipinski definition) is 1. The van der Waals surface area contributed by atoms with Gasteiger partial charge in [0.05, 0.1) is 18.0 Å². The molecule has 1 unspecified atom stereocenters. The van der Waals surface area contributed by atoms with Gasteiger partial charge in [0.15, 0.2) is 0 Å². The number of piperidine rings is 1. The molecule has 0 saturated carbocycles. The van der Waals surface area contributed by atoms with Gasteiger partial charge in [-0.05, 0) is 39.5 Å². The van der Waals surface area contributed by atoms with Crippen LogP contribution in [0.4, 0.5) is 0 Å². The normalized spacial score (nSPS) is 29.7. The second-order valence-corrected chi connectivity index (χ2v) is 8.37. The molecule has 0 radical (unpaired) electrons. The van der Waals surface area contributed by atoms with Crippen LogP contribution in [0.2, 0.25) is 0 Å². The molecule has 1 N–H and O–H groups in total. The van der Waals surface area contributed by atoms with Crippen molar-refractivity contribution >= 4 is 10.0 Å². The molecular weight excluding hydrogens is 264 g/mol. The Labute approximate surface area is 116 Å². The van der Waals surface area contributed by atoms with Gasteiger partial charge in [0, 0.05) is 25.7 Å². The van der Waals surface area contributed by atoms with E-state index in [4.69, 9.17) is 4.74 Å². The summed E-state index contributed by atoms with van der Waals surface area (Å²) in [5.41, 5.74) is 0.0198. The lowest BCUT2D eigenvalue weighted by atomic mass is 10.0. The third-order valence-electron chi connectivity index (χ3n) is 4.11. The first-order valence-corrected chi connectivity index (χ1v) is 8.97. The molecule has 2 aliphatic rings. The molecule has 19 heavy (non-hydrogen) atoms. The van der Waals surface area contributed by atoms with Crippen LogP contribution in [0.25, 0.3) is 0 Å². The summed E-state index contributed by atoms with van der Waals surface area (Å²) in [6, 6.07) is 0.422.